The van der Waals surface area contributed by atoms with Crippen LogP contribution in [0.25, 0.3) is 0 Å². The molecule has 1 aliphatic rings. The van der Waals surface area contributed by atoms with E-state index in [1.807, 2.05) is 13.0 Å². The molecule has 0 saturated carbocycles. The number of ether oxygens (including phenoxy) is 1. The first kappa shape index (κ1) is 14.1. The quantitative estimate of drug-likeness (QED) is 0.904. The normalized spacial score (nSPS) is 16.6. The van der Waals surface area contributed by atoms with E-state index in [9.17, 15) is 4.79 Å². The van der Waals surface area contributed by atoms with Gasteiger partial charge in [0.2, 0.25) is 5.91 Å². The molecule has 1 fully saturated rings. The summed E-state index contributed by atoms with van der Waals surface area (Å²) in [6.45, 7) is 7.75. The first-order valence-corrected chi connectivity index (χ1v) is 7.07. The molecule has 1 amide bonds. The number of hydrogen-bond acceptors (Lipinski definition) is 2. The summed E-state index contributed by atoms with van der Waals surface area (Å²) >= 11 is 0. The molecule has 1 heterocycles. The van der Waals surface area contributed by atoms with Crippen LogP contribution >= 0.6 is 0 Å². The summed E-state index contributed by atoms with van der Waals surface area (Å²) in [4.78, 5) is 12.3. The van der Waals surface area contributed by atoms with E-state index in [1.54, 1.807) is 0 Å². The molecule has 104 valence electrons. The highest BCUT2D eigenvalue weighted by atomic mass is 16.5. The van der Waals surface area contributed by atoms with E-state index in [4.69, 9.17) is 4.74 Å². The fraction of sp³-hybridized carbons (Fsp3) is 0.562. The van der Waals surface area contributed by atoms with Crippen LogP contribution in [0.2, 0.25) is 0 Å². The third kappa shape index (κ3) is 3.35. The van der Waals surface area contributed by atoms with Crippen LogP contribution in [-0.4, -0.2) is 19.1 Å². The van der Waals surface area contributed by atoms with Gasteiger partial charge >= 0.3 is 0 Å². The summed E-state index contributed by atoms with van der Waals surface area (Å²) in [5, 5.41) is 3.14. The van der Waals surface area contributed by atoms with E-state index >= 15 is 0 Å². The minimum Gasteiger partial charge on any atom is -0.381 e. The molecular formula is C16H23NO2. The Kier molecular flexibility index (Phi) is 4.59. The molecule has 3 heteroatoms. The number of para-hydroxylation sites is 1. The lowest BCUT2D eigenvalue weighted by Crippen LogP contribution is -2.29. The summed E-state index contributed by atoms with van der Waals surface area (Å²) in [5.74, 6) is 0.637. The molecule has 1 aromatic carbocycles. The first-order valence-electron chi connectivity index (χ1n) is 7.07. The summed E-state index contributed by atoms with van der Waals surface area (Å²) < 4.78 is 5.31. The highest BCUT2D eigenvalue weighted by Gasteiger charge is 2.23. The third-order valence-corrected chi connectivity index (χ3v) is 3.77. The molecule has 1 aromatic rings. The number of rotatable bonds is 3. The van der Waals surface area contributed by atoms with Crippen molar-refractivity contribution < 1.29 is 9.53 Å². The second-order valence-electron chi connectivity index (χ2n) is 5.57. The molecule has 0 aromatic heterocycles. The Balaban J connectivity index is 2.15. The molecule has 0 spiro atoms. The number of aryl methyl sites for hydroxylation is 1. The molecule has 3 nitrogen and oxygen atoms in total. The second-order valence-corrected chi connectivity index (χ2v) is 5.57. The molecular weight excluding hydrogens is 238 g/mol. The maximum atomic E-state index is 12.3. The zero-order valence-corrected chi connectivity index (χ0v) is 12.0. The van der Waals surface area contributed by atoms with Crippen molar-refractivity contribution in [1.82, 2.24) is 0 Å². The van der Waals surface area contributed by atoms with Crippen molar-refractivity contribution in [3.8, 4) is 0 Å². The average Bonchev–Trinajstić information content (AvgIpc) is 2.41. The monoisotopic (exact) mass is 261 g/mol. The second kappa shape index (κ2) is 6.20. The van der Waals surface area contributed by atoms with Gasteiger partial charge < -0.3 is 10.1 Å². The van der Waals surface area contributed by atoms with Crippen LogP contribution in [-0.2, 0) is 9.53 Å². The van der Waals surface area contributed by atoms with Crippen molar-refractivity contribution >= 4 is 11.6 Å². The van der Waals surface area contributed by atoms with E-state index < -0.39 is 0 Å². The Morgan fingerprint density at radius 2 is 2.00 bits per heavy atom. The van der Waals surface area contributed by atoms with Crippen LogP contribution in [0.15, 0.2) is 18.2 Å². The zero-order valence-electron chi connectivity index (χ0n) is 12.0. The Labute approximate surface area is 115 Å². The lowest BCUT2D eigenvalue weighted by Gasteiger charge is -2.23. The fourth-order valence-electron chi connectivity index (χ4n) is 2.53. The number of hydrogen-bond donors (Lipinski definition) is 1. The predicted octanol–water partition coefficient (Wildman–Crippen LogP) is 3.48. The molecule has 1 N–H and O–H groups in total. The van der Waals surface area contributed by atoms with Crippen molar-refractivity contribution in [2.24, 2.45) is 5.92 Å². The topological polar surface area (TPSA) is 38.3 Å². The van der Waals surface area contributed by atoms with Crippen molar-refractivity contribution in [2.45, 2.75) is 39.5 Å². The number of amides is 1. The maximum absolute atomic E-state index is 12.3. The third-order valence-electron chi connectivity index (χ3n) is 3.77. The van der Waals surface area contributed by atoms with Crippen molar-refractivity contribution in [1.29, 1.82) is 0 Å². The molecule has 1 saturated heterocycles. The van der Waals surface area contributed by atoms with Crippen LogP contribution in [0.4, 0.5) is 5.69 Å². The largest absolute Gasteiger partial charge is 0.381 e. The Bertz CT molecular complexity index is 448. The van der Waals surface area contributed by atoms with E-state index in [1.165, 1.54) is 5.56 Å². The van der Waals surface area contributed by atoms with Crippen molar-refractivity contribution in [3.05, 3.63) is 29.3 Å². The van der Waals surface area contributed by atoms with Gasteiger partial charge in [0, 0.05) is 24.8 Å². The average molecular weight is 261 g/mol. The van der Waals surface area contributed by atoms with Gasteiger partial charge in [-0.3, -0.25) is 4.79 Å². The fourth-order valence-corrected chi connectivity index (χ4v) is 2.53. The molecule has 2 rings (SSSR count). The van der Waals surface area contributed by atoms with Crippen molar-refractivity contribution in [3.63, 3.8) is 0 Å². The van der Waals surface area contributed by atoms with Gasteiger partial charge in [-0.15, -0.1) is 0 Å². The van der Waals surface area contributed by atoms with Crippen LogP contribution in [0.3, 0.4) is 0 Å². The van der Waals surface area contributed by atoms with Crippen LogP contribution in [0.5, 0.6) is 0 Å². The lowest BCUT2D eigenvalue weighted by atomic mass is 9.96. The van der Waals surface area contributed by atoms with E-state index in [0.717, 1.165) is 24.1 Å². The van der Waals surface area contributed by atoms with Gasteiger partial charge in [-0.1, -0.05) is 32.0 Å². The Hall–Kier alpha value is -1.35. The number of benzene rings is 1. The maximum Gasteiger partial charge on any atom is 0.227 e. The molecule has 0 bridgehead atoms. The summed E-state index contributed by atoms with van der Waals surface area (Å²) in [6, 6.07) is 6.19. The van der Waals surface area contributed by atoms with Gasteiger partial charge in [-0.05, 0) is 36.8 Å². The smallest absolute Gasteiger partial charge is 0.227 e. The van der Waals surface area contributed by atoms with Gasteiger partial charge in [0.1, 0.15) is 0 Å². The summed E-state index contributed by atoms with van der Waals surface area (Å²) in [6.07, 6.45) is 1.66. The minimum atomic E-state index is 0.0911. The summed E-state index contributed by atoms with van der Waals surface area (Å²) in [5.41, 5.74) is 3.33. The Morgan fingerprint density at radius 3 is 2.63 bits per heavy atom. The number of anilines is 1. The predicted molar refractivity (Wildman–Crippen MR) is 77.4 cm³/mol. The van der Waals surface area contributed by atoms with Gasteiger partial charge in [0.15, 0.2) is 0 Å². The highest BCUT2D eigenvalue weighted by Crippen LogP contribution is 2.28. The zero-order chi connectivity index (χ0) is 13.8. The van der Waals surface area contributed by atoms with Gasteiger partial charge in [0.25, 0.3) is 0 Å². The Morgan fingerprint density at radius 1 is 1.32 bits per heavy atom. The van der Waals surface area contributed by atoms with Gasteiger partial charge in [0.05, 0.1) is 0 Å². The molecule has 0 radical (unpaired) electrons. The standard InChI is InChI=1S/C16H23NO2/c1-11(2)14-6-4-5-12(3)15(14)17-16(18)13-7-9-19-10-8-13/h4-6,11,13H,7-10H2,1-3H3,(H,17,18). The van der Waals surface area contributed by atoms with E-state index in [0.29, 0.717) is 19.1 Å². The number of carbonyl (C=O) groups is 1. The lowest BCUT2D eigenvalue weighted by molar-refractivity contribution is -0.122. The molecule has 0 unspecified atom stereocenters. The van der Waals surface area contributed by atoms with Gasteiger partial charge in [-0.2, -0.15) is 0 Å². The van der Waals surface area contributed by atoms with E-state index in [-0.39, 0.29) is 11.8 Å². The molecule has 0 aliphatic carbocycles. The molecule has 19 heavy (non-hydrogen) atoms. The highest BCUT2D eigenvalue weighted by molar-refractivity contribution is 5.94. The minimum absolute atomic E-state index is 0.0911. The summed E-state index contributed by atoms with van der Waals surface area (Å²) in [7, 11) is 0. The molecule has 0 atom stereocenters. The SMILES string of the molecule is Cc1cccc(C(C)C)c1NC(=O)C1CCOCC1. The molecule has 1 aliphatic heterocycles. The first-order chi connectivity index (χ1) is 9.09. The number of nitrogens with one attached hydrogen (secondary N) is 1. The van der Waals surface area contributed by atoms with Crippen LogP contribution < -0.4 is 5.32 Å². The number of carbonyl (C=O) groups excluding carboxylic acids is 1. The van der Waals surface area contributed by atoms with E-state index in [2.05, 4.69) is 31.3 Å². The van der Waals surface area contributed by atoms with Crippen molar-refractivity contribution in [2.75, 3.05) is 18.5 Å². The van der Waals surface area contributed by atoms with Gasteiger partial charge in [-0.25, -0.2) is 0 Å². The van der Waals surface area contributed by atoms with Crippen LogP contribution in [0.1, 0.15) is 43.7 Å². The van der Waals surface area contributed by atoms with Crippen LogP contribution in [0, 0.1) is 12.8 Å².